The maximum absolute atomic E-state index is 12.5. The van der Waals surface area contributed by atoms with Crippen LogP contribution in [0.15, 0.2) is 67.0 Å². The van der Waals surface area contributed by atoms with E-state index in [9.17, 15) is 4.79 Å². The smallest absolute Gasteiger partial charge is 0.277 e. The number of rotatable bonds is 7. The molecule has 1 amide bonds. The largest absolute Gasteiger partial charge is 0.468 e. The standard InChI is InChI=1S/C22H19Cl2N5O2/c1-15-4-2-5-16(12-15)13-28-11-9-20(27-28)25-22(30)19-8-10-29(26-19)14-31-21-17(23)6-3-7-18(21)24/h2-12H,13-14H2,1H3,(H,25,27,30). The van der Waals surface area contributed by atoms with Crippen molar-refractivity contribution in [2.75, 3.05) is 5.32 Å². The Kier molecular flexibility index (Phi) is 6.25. The highest BCUT2D eigenvalue weighted by atomic mass is 35.5. The van der Waals surface area contributed by atoms with Crippen LogP contribution in [0.3, 0.4) is 0 Å². The molecule has 0 saturated carbocycles. The minimum absolute atomic E-state index is 0.0574. The number of nitrogens with zero attached hydrogens (tertiary/aromatic N) is 4. The van der Waals surface area contributed by atoms with Crippen molar-refractivity contribution in [2.24, 2.45) is 0 Å². The molecule has 0 unspecified atom stereocenters. The summed E-state index contributed by atoms with van der Waals surface area (Å²) in [5.74, 6) is 0.452. The molecule has 0 radical (unpaired) electrons. The van der Waals surface area contributed by atoms with Gasteiger partial charge >= 0.3 is 0 Å². The number of anilines is 1. The average molecular weight is 456 g/mol. The Labute approximate surface area is 189 Å². The zero-order valence-corrected chi connectivity index (χ0v) is 18.1. The number of benzene rings is 2. The Hall–Kier alpha value is -3.29. The molecule has 9 heteroatoms. The minimum atomic E-state index is -0.365. The minimum Gasteiger partial charge on any atom is -0.468 e. The van der Waals surface area contributed by atoms with Crippen molar-refractivity contribution >= 4 is 34.9 Å². The third-order valence-electron chi connectivity index (χ3n) is 4.44. The molecule has 4 rings (SSSR count). The summed E-state index contributed by atoms with van der Waals surface area (Å²) in [6.45, 7) is 2.72. The Morgan fingerprint density at radius 3 is 2.52 bits per heavy atom. The lowest BCUT2D eigenvalue weighted by molar-refractivity contribution is 0.101. The number of halogens is 2. The first kappa shape index (κ1) is 21.0. The third-order valence-corrected chi connectivity index (χ3v) is 5.04. The fourth-order valence-electron chi connectivity index (χ4n) is 3.00. The molecular formula is C22H19Cl2N5O2. The molecule has 1 N–H and O–H groups in total. The maximum atomic E-state index is 12.5. The van der Waals surface area contributed by atoms with Gasteiger partial charge in [-0.25, -0.2) is 4.68 Å². The summed E-state index contributed by atoms with van der Waals surface area (Å²) in [6.07, 6.45) is 3.45. The number of aromatic nitrogens is 4. The van der Waals surface area contributed by atoms with Gasteiger partial charge in [-0.2, -0.15) is 10.2 Å². The average Bonchev–Trinajstić information content (AvgIpc) is 3.37. The lowest BCUT2D eigenvalue weighted by Gasteiger charge is -2.09. The molecule has 2 aromatic carbocycles. The normalized spacial score (nSPS) is 10.8. The Morgan fingerprint density at radius 1 is 1.00 bits per heavy atom. The highest BCUT2D eigenvalue weighted by Gasteiger charge is 2.13. The lowest BCUT2D eigenvalue weighted by atomic mass is 10.1. The van der Waals surface area contributed by atoms with Gasteiger partial charge in [-0.15, -0.1) is 0 Å². The van der Waals surface area contributed by atoms with E-state index < -0.39 is 0 Å². The summed E-state index contributed by atoms with van der Waals surface area (Å²) in [6, 6.07) is 16.6. The number of nitrogens with one attached hydrogen (secondary N) is 1. The fraction of sp³-hybridized carbons (Fsp3) is 0.136. The summed E-state index contributed by atoms with van der Waals surface area (Å²) < 4.78 is 8.87. The van der Waals surface area contributed by atoms with Crippen LogP contribution in [0.2, 0.25) is 10.0 Å². The van der Waals surface area contributed by atoms with Gasteiger partial charge < -0.3 is 10.1 Å². The van der Waals surface area contributed by atoms with Gasteiger partial charge in [-0.1, -0.05) is 59.1 Å². The van der Waals surface area contributed by atoms with E-state index >= 15 is 0 Å². The molecule has 0 aliphatic rings. The van der Waals surface area contributed by atoms with Crippen LogP contribution in [-0.2, 0) is 13.3 Å². The lowest BCUT2D eigenvalue weighted by Crippen LogP contribution is -2.15. The first-order chi connectivity index (χ1) is 15.0. The number of hydrogen-bond acceptors (Lipinski definition) is 4. The van der Waals surface area contributed by atoms with Crippen molar-refractivity contribution < 1.29 is 9.53 Å². The van der Waals surface area contributed by atoms with E-state index in [0.29, 0.717) is 28.2 Å². The predicted molar refractivity (Wildman–Crippen MR) is 120 cm³/mol. The molecule has 0 bridgehead atoms. The SMILES string of the molecule is Cc1cccc(Cn2ccc(NC(=O)c3ccn(COc4c(Cl)cccc4Cl)n3)n2)c1. The molecule has 2 heterocycles. The van der Waals surface area contributed by atoms with Crippen LogP contribution in [0.1, 0.15) is 21.6 Å². The Morgan fingerprint density at radius 2 is 1.74 bits per heavy atom. The van der Waals surface area contributed by atoms with Crippen LogP contribution in [0, 0.1) is 6.92 Å². The van der Waals surface area contributed by atoms with Crippen LogP contribution in [-0.4, -0.2) is 25.5 Å². The van der Waals surface area contributed by atoms with Gasteiger partial charge in [0.25, 0.3) is 5.91 Å². The highest BCUT2D eigenvalue weighted by molar-refractivity contribution is 6.37. The van der Waals surface area contributed by atoms with Crippen LogP contribution < -0.4 is 10.1 Å². The van der Waals surface area contributed by atoms with E-state index in [1.807, 2.05) is 31.3 Å². The van der Waals surface area contributed by atoms with Gasteiger partial charge in [0, 0.05) is 18.5 Å². The number of hydrogen-bond donors (Lipinski definition) is 1. The van der Waals surface area contributed by atoms with Gasteiger partial charge in [-0.3, -0.25) is 9.48 Å². The van der Waals surface area contributed by atoms with Gasteiger partial charge in [0.05, 0.1) is 16.6 Å². The van der Waals surface area contributed by atoms with Gasteiger partial charge in [0.1, 0.15) is 0 Å². The first-order valence-electron chi connectivity index (χ1n) is 9.48. The predicted octanol–water partition coefficient (Wildman–Crippen LogP) is 5.03. The number of para-hydroxylation sites is 1. The quantitative estimate of drug-likeness (QED) is 0.423. The van der Waals surface area contributed by atoms with Crippen LogP contribution in [0.5, 0.6) is 5.75 Å². The molecule has 7 nitrogen and oxygen atoms in total. The number of amides is 1. The molecule has 0 aliphatic carbocycles. The summed E-state index contributed by atoms with van der Waals surface area (Å²) in [7, 11) is 0. The van der Waals surface area contributed by atoms with Crippen LogP contribution >= 0.6 is 23.2 Å². The molecule has 0 aliphatic heterocycles. The zero-order chi connectivity index (χ0) is 21.8. The molecule has 2 aromatic heterocycles. The van der Waals surface area contributed by atoms with Gasteiger partial charge in [0.15, 0.2) is 24.0 Å². The van der Waals surface area contributed by atoms with E-state index in [2.05, 4.69) is 21.6 Å². The van der Waals surface area contributed by atoms with Crippen LogP contribution in [0.25, 0.3) is 0 Å². The topological polar surface area (TPSA) is 74.0 Å². The van der Waals surface area contributed by atoms with Crippen molar-refractivity contribution in [2.45, 2.75) is 20.2 Å². The van der Waals surface area contributed by atoms with Crippen molar-refractivity contribution in [1.29, 1.82) is 0 Å². The summed E-state index contributed by atoms with van der Waals surface area (Å²) in [5.41, 5.74) is 2.56. The summed E-state index contributed by atoms with van der Waals surface area (Å²) >= 11 is 12.2. The van der Waals surface area contributed by atoms with E-state index in [1.165, 1.54) is 10.2 Å². The zero-order valence-electron chi connectivity index (χ0n) is 16.6. The van der Waals surface area contributed by atoms with Crippen molar-refractivity contribution in [3.63, 3.8) is 0 Å². The van der Waals surface area contributed by atoms with Crippen molar-refractivity contribution in [3.8, 4) is 5.75 Å². The first-order valence-corrected chi connectivity index (χ1v) is 10.2. The second-order valence-corrected chi connectivity index (χ2v) is 7.72. The molecule has 4 aromatic rings. The summed E-state index contributed by atoms with van der Waals surface area (Å²) in [4.78, 5) is 12.5. The van der Waals surface area contributed by atoms with Gasteiger partial charge in [-0.05, 0) is 30.7 Å². The highest BCUT2D eigenvalue weighted by Crippen LogP contribution is 2.32. The molecule has 0 fully saturated rings. The van der Waals surface area contributed by atoms with E-state index in [1.54, 1.807) is 41.2 Å². The number of ether oxygens (including phenoxy) is 1. The molecule has 0 atom stereocenters. The van der Waals surface area contributed by atoms with Crippen molar-refractivity contribution in [1.82, 2.24) is 19.6 Å². The molecular weight excluding hydrogens is 437 g/mol. The second kappa shape index (κ2) is 9.24. The Bertz CT molecular complexity index is 1200. The van der Waals surface area contributed by atoms with Gasteiger partial charge in [0.2, 0.25) is 0 Å². The number of carbonyl (C=O) groups is 1. The Balaban J connectivity index is 1.35. The van der Waals surface area contributed by atoms with Crippen molar-refractivity contribution in [3.05, 3.63) is 93.9 Å². The molecule has 158 valence electrons. The molecule has 0 saturated heterocycles. The summed E-state index contributed by atoms with van der Waals surface area (Å²) in [5, 5.41) is 12.2. The maximum Gasteiger partial charge on any atom is 0.277 e. The number of aryl methyl sites for hydroxylation is 1. The van der Waals surface area contributed by atoms with E-state index in [4.69, 9.17) is 27.9 Å². The van der Waals surface area contributed by atoms with E-state index in [0.717, 1.165) is 5.56 Å². The monoisotopic (exact) mass is 455 g/mol. The molecule has 31 heavy (non-hydrogen) atoms. The fourth-order valence-corrected chi connectivity index (χ4v) is 3.51. The third kappa shape index (κ3) is 5.25. The second-order valence-electron chi connectivity index (χ2n) is 6.91. The number of carbonyl (C=O) groups excluding carboxylic acids is 1. The van der Waals surface area contributed by atoms with E-state index in [-0.39, 0.29) is 18.3 Å². The molecule has 0 spiro atoms. The van der Waals surface area contributed by atoms with Crippen LogP contribution in [0.4, 0.5) is 5.82 Å².